The SMILES string of the molecule is CC1CNCCCN1Cc1cccc2c1C(=O)N(C1CCC(=O)NC1=O)C2=O. The molecule has 2 fully saturated rings. The molecule has 1 aromatic rings. The third-order valence-corrected chi connectivity index (χ3v) is 5.79. The van der Waals surface area contributed by atoms with Crippen LogP contribution < -0.4 is 10.6 Å². The molecule has 8 nitrogen and oxygen atoms in total. The van der Waals surface area contributed by atoms with Crippen molar-refractivity contribution in [2.75, 3.05) is 19.6 Å². The number of nitrogens with zero attached hydrogens (tertiary/aromatic N) is 2. The van der Waals surface area contributed by atoms with E-state index in [0.29, 0.717) is 23.7 Å². The maximum atomic E-state index is 13.2. The van der Waals surface area contributed by atoms with Gasteiger partial charge in [0.15, 0.2) is 0 Å². The molecule has 3 aliphatic heterocycles. The Morgan fingerprint density at radius 1 is 1.14 bits per heavy atom. The Bertz CT molecular complexity index is 853. The van der Waals surface area contributed by atoms with Gasteiger partial charge in [-0.25, -0.2) is 0 Å². The Kier molecular flexibility index (Phi) is 4.99. The highest BCUT2D eigenvalue weighted by molar-refractivity contribution is 6.24. The van der Waals surface area contributed by atoms with Crippen molar-refractivity contribution in [3.05, 3.63) is 34.9 Å². The summed E-state index contributed by atoms with van der Waals surface area (Å²) in [7, 11) is 0. The molecule has 28 heavy (non-hydrogen) atoms. The second kappa shape index (κ2) is 7.44. The number of rotatable bonds is 3. The molecule has 4 amide bonds. The van der Waals surface area contributed by atoms with Crippen LogP contribution in [-0.4, -0.2) is 65.1 Å². The number of piperidine rings is 1. The first-order chi connectivity index (χ1) is 13.5. The van der Waals surface area contributed by atoms with Crippen molar-refractivity contribution in [2.45, 2.75) is 44.8 Å². The zero-order valence-corrected chi connectivity index (χ0v) is 15.9. The molecule has 0 aliphatic carbocycles. The quantitative estimate of drug-likeness (QED) is 0.726. The summed E-state index contributed by atoms with van der Waals surface area (Å²) in [6, 6.07) is 4.69. The summed E-state index contributed by atoms with van der Waals surface area (Å²) in [5, 5.41) is 5.62. The number of nitrogens with one attached hydrogen (secondary N) is 2. The predicted molar refractivity (Wildman–Crippen MR) is 100 cm³/mol. The lowest BCUT2D eigenvalue weighted by atomic mass is 10.0. The van der Waals surface area contributed by atoms with Gasteiger partial charge in [0.2, 0.25) is 11.8 Å². The number of imide groups is 2. The maximum Gasteiger partial charge on any atom is 0.262 e. The minimum Gasteiger partial charge on any atom is -0.315 e. The fourth-order valence-electron chi connectivity index (χ4n) is 4.24. The Morgan fingerprint density at radius 2 is 1.96 bits per heavy atom. The average molecular weight is 384 g/mol. The Morgan fingerprint density at radius 3 is 2.75 bits per heavy atom. The number of carbonyl (C=O) groups excluding carboxylic acids is 4. The van der Waals surface area contributed by atoms with Gasteiger partial charge in [-0.3, -0.25) is 34.3 Å². The van der Waals surface area contributed by atoms with Crippen LogP contribution >= 0.6 is 0 Å². The van der Waals surface area contributed by atoms with Gasteiger partial charge in [0.05, 0.1) is 11.1 Å². The highest BCUT2D eigenvalue weighted by Gasteiger charge is 2.45. The topological polar surface area (TPSA) is 98.8 Å². The summed E-state index contributed by atoms with van der Waals surface area (Å²) in [6.45, 7) is 5.48. The Hall–Kier alpha value is -2.58. The molecule has 4 rings (SSSR count). The minimum absolute atomic E-state index is 0.120. The van der Waals surface area contributed by atoms with E-state index >= 15 is 0 Å². The van der Waals surface area contributed by atoms with E-state index < -0.39 is 23.8 Å². The van der Waals surface area contributed by atoms with Crippen LogP contribution in [0.2, 0.25) is 0 Å². The third-order valence-electron chi connectivity index (χ3n) is 5.79. The Balaban J connectivity index is 1.62. The lowest BCUT2D eigenvalue weighted by molar-refractivity contribution is -0.136. The van der Waals surface area contributed by atoms with Crippen molar-refractivity contribution in [1.82, 2.24) is 20.4 Å². The molecule has 3 aliphatic rings. The molecule has 8 heteroatoms. The van der Waals surface area contributed by atoms with E-state index in [2.05, 4.69) is 22.5 Å². The van der Waals surface area contributed by atoms with Crippen LogP contribution in [0.3, 0.4) is 0 Å². The van der Waals surface area contributed by atoms with E-state index in [0.717, 1.165) is 36.5 Å². The molecule has 0 bridgehead atoms. The van der Waals surface area contributed by atoms with Crippen LogP contribution in [0.15, 0.2) is 18.2 Å². The molecular weight excluding hydrogens is 360 g/mol. The molecule has 2 N–H and O–H groups in total. The predicted octanol–water partition coefficient (Wildman–Crippen LogP) is 0.272. The van der Waals surface area contributed by atoms with Crippen LogP contribution in [0.4, 0.5) is 0 Å². The highest BCUT2D eigenvalue weighted by Crippen LogP contribution is 2.30. The fraction of sp³-hybridized carbons (Fsp3) is 0.500. The minimum atomic E-state index is -0.931. The van der Waals surface area contributed by atoms with Crippen molar-refractivity contribution in [2.24, 2.45) is 0 Å². The molecule has 2 saturated heterocycles. The van der Waals surface area contributed by atoms with Gasteiger partial charge in [-0.2, -0.15) is 0 Å². The molecular formula is C20H24N4O4. The summed E-state index contributed by atoms with van der Waals surface area (Å²) >= 11 is 0. The van der Waals surface area contributed by atoms with Crippen molar-refractivity contribution in [1.29, 1.82) is 0 Å². The fourth-order valence-corrected chi connectivity index (χ4v) is 4.24. The van der Waals surface area contributed by atoms with Gasteiger partial charge in [0.1, 0.15) is 6.04 Å². The van der Waals surface area contributed by atoms with Gasteiger partial charge in [-0.05, 0) is 37.9 Å². The lowest BCUT2D eigenvalue weighted by Crippen LogP contribution is -2.54. The van der Waals surface area contributed by atoms with Crippen molar-refractivity contribution < 1.29 is 19.2 Å². The van der Waals surface area contributed by atoms with Gasteiger partial charge in [-0.1, -0.05) is 12.1 Å². The number of hydrogen-bond donors (Lipinski definition) is 2. The summed E-state index contributed by atoms with van der Waals surface area (Å²) in [5.74, 6) is -1.85. The number of hydrogen-bond acceptors (Lipinski definition) is 6. The largest absolute Gasteiger partial charge is 0.315 e. The first kappa shape index (κ1) is 18.8. The second-order valence-corrected chi connectivity index (χ2v) is 7.66. The first-order valence-corrected chi connectivity index (χ1v) is 9.75. The van der Waals surface area contributed by atoms with E-state index in [9.17, 15) is 19.2 Å². The van der Waals surface area contributed by atoms with Crippen LogP contribution in [0.25, 0.3) is 0 Å². The first-order valence-electron chi connectivity index (χ1n) is 9.75. The van der Waals surface area contributed by atoms with Crippen LogP contribution in [-0.2, 0) is 16.1 Å². The van der Waals surface area contributed by atoms with Gasteiger partial charge in [-0.15, -0.1) is 0 Å². The van der Waals surface area contributed by atoms with Gasteiger partial charge in [0.25, 0.3) is 11.8 Å². The standard InChI is InChI=1S/C20H24N4O4/c1-12-10-21-8-3-9-23(12)11-13-4-2-5-14-17(13)20(28)24(19(14)27)15-6-7-16(25)22-18(15)26/h2,4-5,12,15,21H,3,6-11H2,1H3,(H,22,25,26). The lowest BCUT2D eigenvalue weighted by Gasteiger charge is -2.28. The molecule has 3 heterocycles. The molecule has 0 radical (unpaired) electrons. The number of fused-ring (bicyclic) bond motifs is 1. The van der Waals surface area contributed by atoms with Crippen LogP contribution in [0.1, 0.15) is 52.5 Å². The van der Waals surface area contributed by atoms with Crippen LogP contribution in [0, 0.1) is 0 Å². The molecule has 2 unspecified atom stereocenters. The van der Waals surface area contributed by atoms with Crippen LogP contribution in [0.5, 0.6) is 0 Å². The third kappa shape index (κ3) is 3.22. The highest BCUT2D eigenvalue weighted by atomic mass is 16.2. The summed E-state index contributed by atoms with van der Waals surface area (Å²) in [4.78, 5) is 53.0. The normalized spacial score (nSPS) is 26.2. The number of amides is 4. The summed E-state index contributed by atoms with van der Waals surface area (Å²) in [6.07, 6.45) is 1.31. The Labute approximate surface area is 163 Å². The van der Waals surface area contributed by atoms with E-state index in [4.69, 9.17) is 0 Å². The van der Waals surface area contributed by atoms with E-state index in [1.165, 1.54) is 0 Å². The molecule has 2 atom stereocenters. The molecule has 0 aromatic heterocycles. The summed E-state index contributed by atoms with van der Waals surface area (Å²) in [5.41, 5.74) is 1.54. The molecule has 148 valence electrons. The van der Waals surface area contributed by atoms with E-state index in [1.54, 1.807) is 12.1 Å². The smallest absolute Gasteiger partial charge is 0.262 e. The monoisotopic (exact) mass is 384 g/mol. The van der Waals surface area contributed by atoms with Gasteiger partial charge < -0.3 is 5.32 Å². The zero-order chi connectivity index (χ0) is 19.8. The molecule has 0 saturated carbocycles. The van der Waals surface area contributed by atoms with Crippen molar-refractivity contribution >= 4 is 23.6 Å². The maximum absolute atomic E-state index is 13.2. The average Bonchev–Trinajstić information content (AvgIpc) is 2.79. The van der Waals surface area contributed by atoms with E-state index in [-0.39, 0.29) is 18.7 Å². The number of benzene rings is 1. The van der Waals surface area contributed by atoms with Crippen molar-refractivity contribution in [3.63, 3.8) is 0 Å². The van der Waals surface area contributed by atoms with E-state index in [1.807, 2.05) is 6.07 Å². The molecule has 1 aromatic carbocycles. The number of carbonyl (C=O) groups is 4. The van der Waals surface area contributed by atoms with Crippen molar-refractivity contribution in [3.8, 4) is 0 Å². The van der Waals surface area contributed by atoms with Gasteiger partial charge >= 0.3 is 0 Å². The summed E-state index contributed by atoms with van der Waals surface area (Å²) < 4.78 is 0. The molecule has 0 spiro atoms. The van der Waals surface area contributed by atoms with Gasteiger partial charge in [0, 0.05) is 32.1 Å². The second-order valence-electron chi connectivity index (χ2n) is 7.66. The zero-order valence-electron chi connectivity index (χ0n) is 15.9.